The molecular formula is C23H16N10O4. The number of esters is 1. The first-order valence-electron chi connectivity index (χ1n) is 10.6. The summed E-state index contributed by atoms with van der Waals surface area (Å²) in [6, 6.07) is 13.3. The third-order valence-corrected chi connectivity index (χ3v) is 5.40. The molecule has 5 aromatic rings. The monoisotopic (exact) mass is 496 g/mol. The van der Waals surface area contributed by atoms with E-state index >= 15 is 0 Å². The van der Waals surface area contributed by atoms with E-state index in [4.69, 9.17) is 11.3 Å². The molecule has 182 valence electrons. The summed E-state index contributed by atoms with van der Waals surface area (Å²) in [6.07, 6.45) is 1.37. The van der Waals surface area contributed by atoms with Crippen molar-refractivity contribution in [1.82, 2.24) is 29.4 Å². The highest BCUT2D eigenvalue weighted by molar-refractivity contribution is 6.06. The van der Waals surface area contributed by atoms with Crippen LogP contribution in [0.15, 0.2) is 65.1 Å². The predicted octanol–water partition coefficient (Wildman–Crippen LogP) is 4.88. The van der Waals surface area contributed by atoms with E-state index in [0.29, 0.717) is 11.5 Å². The maximum absolute atomic E-state index is 12.5. The van der Waals surface area contributed by atoms with E-state index in [-0.39, 0.29) is 34.4 Å². The van der Waals surface area contributed by atoms with E-state index < -0.39 is 10.9 Å². The summed E-state index contributed by atoms with van der Waals surface area (Å²) < 4.78 is 7.63. The molecule has 1 N–H and O–H groups in total. The van der Waals surface area contributed by atoms with Gasteiger partial charge in [-0.05, 0) is 19.1 Å². The number of hydrogen-bond acceptors (Lipinski definition) is 9. The lowest BCUT2D eigenvalue weighted by Crippen LogP contribution is -2.00. The number of nitro benzene ring substituents is 1. The molecule has 0 aliphatic carbocycles. The van der Waals surface area contributed by atoms with Gasteiger partial charge < -0.3 is 4.74 Å². The number of nitro groups is 1. The molecule has 0 amide bonds. The summed E-state index contributed by atoms with van der Waals surface area (Å²) in [7, 11) is 1.21. The highest BCUT2D eigenvalue weighted by Crippen LogP contribution is 2.39. The first-order valence-corrected chi connectivity index (χ1v) is 10.6. The fourth-order valence-corrected chi connectivity index (χ4v) is 3.56. The number of fused-ring (bicyclic) bond motifs is 1. The average Bonchev–Trinajstić information content (AvgIpc) is 3.62. The van der Waals surface area contributed by atoms with Gasteiger partial charge in [0, 0.05) is 17.7 Å². The van der Waals surface area contributed by atoms with Crippen LogP contribution in [0.25, 0.3) is 27.6 Å². The van der Waals surface area contributed by atoms with E-state index in [1.807, 2.05) is 31.2 Å². The molecule has 0 radical (unpaired) electrons. The summed E-state index contributed by atoms with van der Waals surface area (Å²) >= 11 is 0. The maximum Gasteiger partial charge on any atom is 0.331 e. The van der Waals surface area contributed by atoms with Crippen molar-refractivity contribution in [1.29, 1.82) is 0 Å². The van der Waals surface area contributed by atoms with Gasteiger partial charge in [-0.1, -0.05) is 29.8 Å². The van der Waals surface area contributed by atoms with Gasteiger partial charge in [0.2, 0.25) is 0 Å². The van der Waals surface area contributed by atoms with Crippen LogP contribution in [0.3, 0.4) is 0 Å². The zero-order valence-electron chi connectivity index (χ0n) is 19.4. The number of rotatable bonds is 6. The van der Waals surface area contributed by atoms with Crippen molar-refractivity contribution in [2.45, 2.75) is 6.92 Å². The number of carbonyl (C=O) groups is 1. The molecule has 0 aliphatic rings. The molecule has 37 heavy (non-hydrogen) atoms. The van der Waals surface area contributed by atoms with Crippen LogP contribution in [0.4, 0.5) is 23.1 Å². The standard InChI is InChI=1S/C23H16N10O4/c1-13-4-6-14(7-5-13)19-26-20-17(22(34)37-3)18(24-2)21(32(20)29-19)27-28-23-25-12-31(30-23)15-8-10-16(11-9-15)33(35)36/h4-12H,1,3H3,(H,26,29). The number of nitrogens with one attached hydrogen (secondary N) is 1. The van der Waals surface area contributed by atoms with Gasteiger partial charge in [0.25, 0.3) is 17.3 Å². The number of aromatic amines is 1. The number of hydrogen-bond donors (Lipinski definition) is 1. The first kappa shape index (κ1) is 23.1. The highest BCUT2D eigenvalue weighted by Gasteiger charge is 2.28. The van der Waals surface area contributed by atoms with Crippen LogP contribution in [-0.4, -0.2) is 47.4 Å². The second-order valence-corrected chi connectivity index (χ2v) is 7.71. The van der Waals surface area contributed by atoms with Crippen molar-refractivity contribution in [2.75, 3.05) is 7.11 Å². The number of carbonyl (C=O) groups excluding carboxylic acids is 1. The normalized spacial score (nSPS) is 11.2. The largest absolute Gasteiger partial charge is 0.466 e. The Bertz CT molecular complexity index is 1720. The van der Waals surface area contributed by atoms with Crippen LogP contribution < -0.4 is 0 Å². The quantitative estimate of drug-likeness (QED) is 0.115. The number of H-pyrrole nitrogens is 1. The van der Waals surface area contributed by atoms with Gasteiger partial charge in [-0.3, -0.25) is 15.2 Å². The Balaban J connectivity index is 1.55. The van der Waals surface area contributed by atoms with Crippen LogP contribution >= 0.6 is 0 Å². The van der Waals surface area contributed by atoms with Gasteiger partial charge in [-0.25, -0.2) is 23.8 Å². The minimum atomic E-state index is -0.743. The molecule has 0 saturated heterocycles. The van der Waals surface area contributed by atoms with Crippen LogP contribution in [0.5, 0.6) is 0 Å². The molecule has 2 aromatic carbocycles. The zero-order chi connectivity index (χ0) is 26.1. The Morgan fingerprint density at radius 3 is 2.54 bits per heavy atom. The number of azo groups is 1. The third-order valence-electron chi connectivity index (χ3n) is 5.40. The molecule has 0 saturated carbocycles. The minimum Gasteiger partial charge on any atom is -0.466 e. The molecule has 14 nitrogen and oxygen atoms in total. The summed E-state index contributed by atoms with van der Waals surface area (Å²) in [6.45, 7) is 9.59. The smallest absolute Gasteiger partial charge is 0.331 e. The molecule has 3 heterocycles. The topological polar surface area (TPSA) is 162 Å². The van der Waals surface area contributed by atoms with Gasteiger partial charge in [-0.15, -0.1) is 15.3 Å². The van der Waals surface area contributed by atoms with Crippen LogP contribution in [0.2, 0.25) is 0 Å². The predicted molar refractivity (Wildman–Crippen MR) is 130 cm³/mol. The molecule has 0 spiro atoms. The molecular weight excluding hydrogens is 480 g/mol. The van der Waals surface area contributed by atoms with Crippen LogP contribution in [0, 0.1) is 23.6 Å². The van der Waals surface area contributed by atoms with Gasteiger partial charge in [-0.2, -0.15) is 4.98 Å². The Morgan fingerprint density at radius 1 is 1.16 bits per heavy atom. The van der Waals surface area contributed by atoms with Gasteiger partial charge in [0.1, 0.15) is 11.9 Å². The number of non-ortho nitro benzene ring substituents is 1. The molecule has 0 bridgehead atoms. The Labute approximate surface area is 207 Å². The highest BCUT2D eigenvalue weighted by atomic mass is 16.6. The van der Waals surface area contributed by atoms with E-state index in [2.05, 4.69) is 35.2 Å². The number of ether oxygens (including phenoxy) is 1. The minimum absolute atomic E-state index is 0.0166. The van der Waals surface area contributed by atoms with E-state index in [9.17, 15) is 14.9 Å². The lowest BCUT2D eigenvalue weighted by molar-refractivity contribution is -0.384. The van der Waals surface area contributed by atoms with E-state index in [1.165, 1.54) is 46.9 Å². The first-order chi connectivity index (χ1) is 17.9. The summed E-state index contributed by atoms with van der Waals surface area (Å²) in [4.78, 5) is 34.9. The Morgan fingerprint density at radius 2 is 1.89 bits per heavy atom. The molecule has 0 unspecified atom stereocenters. The number of aryl methyl sites for hydroxylation is 1. The summed E-state index contributed by atoms with van der Waals surface area (Å²) in [5.74, 6) is -0.314. The molecule has 0 aliphatic heterocycles. The van der Waals surface area contributed by atoms with Crippen molar-refractivity contribution in [3.63, 3.8) is 0 Å². The lowest BCUT2D eigenvalue weighted by Gasteiger charge is -1.99. The second-order valence-electron chi connectivity index (χ2n) is 7.71. The van der Waals surface area contributed by atoms with Crippen molar-refractivity contribution in [3.8, 4) is 17.1 Å². The Kier molecular flexibility index (Phi) is 5.70. The fraction of sp³-hybridized carbons (Fsp3) is 0.0870. The van der Waals surface area contributed by atoms with Crippen molar-refractivity contribution in [2.24, 2.45) is 10.2 Å². The summed E-state index contributed by atoms with van der Waals surface area (Å²) in [5, 5.41) is 26.3. The van der Waals surface area contributed by atoms with Crippen molar-refractivity contribution >= 4 is 34.8 Å². The number of nitrogens with zero attached hydrogens (tertiary/aromatic N) is 9. The molecule has 0 atom stereocenters. The van der Waals surface area contributed by atoms with E-state index in [0.717, 1.165) is 11.1 Å². The molecule has 3 aromatic heterocycles. The van der Waals surface area contributed by atoms with Crippen molar-refractivity contribution in [3.05, 3.63) is 87.5 Å². The number of aromatic nitrogens is 6. The fourth-order valence-electron chi connectivity index (χ4n) is 3.56. The average molecular weight is 496 g/mol. The molecule has 5 rings (SSSR count). The number of methoxy groups -OCH3 is 1. The van der Waals surface area contributed by atoms with Gasteiger partial charge >= 0.3 is 5.97 Å². The van der Waals surface area contributed by atoms with Crippen LogP contribution in [-0.2, 0) is 4.74 Å². The Hall–Kier alpha value is -5.71. The second kappa shape index (κ2) is 9.15. The summed E-state index contributed by atoms with van der Waals surface area (Å²) in [5.41, 5.74) is 2.31. The van der Waals surface area contributed by atoms with Crippen LogP contribution in [0.1, 0.15) is 15.9 Å². The van der Waals surface area contributed by atoms with Crippen molar-refractivity contribution < 1.29 is 14.5 Å². The maximum atomic E-state index is 12.5. The zero-order valence-corrected chi connectivity index (χ0v) is 19.4. The molecule has 0 fully saturated rings. The third kappa shape index (κ3) is 4.17. The lowest BCUT2D eigenvalue weighted by atomic mass is 10.1. The molecule has 14 heteroatoms. The van der Waals surface area contributed by atoms with Gasteiger partial charge in [0.15, 0.2) is 17.3 Å². The SMILES string of the molecule is [C-]#[N+]c1c(C(=O)OC)c2nc(-c3ccc(C)cc3)[nH]n2c1N=Nc1ncn(-c2ccc([N+](=O)[O-])cc2)n1. The number of benzene rings is 2. The van der Waals surface area contributed by atoms with E-state index in [1.54, 1.807) is 0 Å². The van der Waals surface area contributed by atoms with Gasteiger partial charge in [0.05, 0.1) is 24.3 Å².